The van der Waals surface area contributed by atoms with Gasteiger partial charge in [0.2, 0.25) is 11.8 Å². The van der Waals surface area contributed by atoms with Gasteiger partial charge < -0.3 is 19.9 Å². The van der Waals surface area contributed by atoms with Gasteiger partial charge in [-0.15, -0.1) is 5.10 Å². The number of anilines is 1. The Balaban J connectivity index is 1.43. The Morgan fingerprint density at radius 2 is 1.84 bits per heavy atom. The van der Waals surface area contributed by atoms with Crippen molar-refractivity contribution in [2.24, 2.45) is 0 Å². The van der Waals surface area contributed by atoms with E-state index in [1.54, 1.807) is 9.58 Å². The minimum absolute atomic E-state index is 0.0289. The zero-order valence-electron chi connectivity index (χ0n) is 21.7. The van der Waals surface area contributed by atoms with Crippen molar-refractivity contribution >= 4 is 28.5 Å². The lowest BCUT2D eigenvalue weighted by Crippen LogP contribution is -2.47. The number of carbonyl (C=O) groups is 2. The van der Waals surface area contributed by atoms with Crippen molar-refractivity contribution in [3.8, 4) is 0 Å². The number of fused-ring (bicyclic) bond motifs is 1. The lowest BCUT2D eigenvalue weighted by atomic mass is 10.0. The second-order valence-corrected chi connectivity index (χ2v) is 9.81. The molecule has 1 aromatic heterocycles. The van der Waals surface area contributed by atoms with E-state index in [-0.39, 0.29) is 30.5 Å². The summed E-state index contributed by atoms with van der Waals surface area (Å²) in [7, 11) is 0. The maximum atomic E-state index is 13.8. The molecular weight excluding hydrogens is 468 g/mol. The Hall–Kier alpha value is -3.46. The minimum atomic E-state index is -0.720. The number of nitrogens with one attached hydrogen (secondary N) is 1. The van der Waals surface area contributed by atoms with Gasteiger partial charge in [0.1, 0.15) is 18.1 Å². The summed E-state index contributed by atoms with van der Waals surface area (Å²) in [6, 6.07) is 15.0. The summed E-state index contributed by atoms with van der Waals surface area (Å²) < 4.78 is 7.34. The van der Waals surface area contributed by atoms with Crippen molar-refractivity contribution in [1.82, 2.24) is 25.2 Å². The van der Waals surface area contributed by atoms with Crippen molar-refractivity contribution in [2.75, 3.05) is 31.1 Å². The van der Waals surface area contributed by atoms with Crippen LogP contribution in [0.4, 0.5) is 5.69 Å². The number of para-hydroxylation sites is 1. The van der Waals surface area contributed by atoms with E-state index in [0.717, 1.165) is 67.7 Å². The Labute approximate surface area is 217 Å². The number of hydrogen-bond acceptors (Lipinski definition) is 6. The maximum Gasteiger partial charge on any atom is 0.247 e. The molecule has 9 nitrogen and oxygen atoms in total. The van der Waals surface area contributed by atoms with Gasteiger partial charge in [-0.1, -0.05) is 29.5 Å². The smallest absolute Gasteiger partial charge is 0.247 e. The zero-order valence-corrected chi connectivity index (χ0v) is 21.7. The summed E-state index contributed by atoms with van der Waals surface area (Å²) in [5.41, 5.74) is 3.45. The molecule has 2 atom stereocenters. The predicted octanol–water partition coefficient (Wildman–Crippen LogP) is 3.31. The van der Waals surface area contributed by atoms with Crippen LogP contribution in [0.15, 0.2) is 48.5 Å². The Kier molecular flexibility index (Phi) is 7.69. The number of aromatic nitrogens is 3. The minimum Gasteiger partial charge on any atom is -0.376 e. The molecule has 1 saturated heterocycles. The van der Waals surface area contributed by atoms with E-state index in [1.807, 2.05) is 48.5 Å². The van der Waals surface area contributed by atoms with E-state index in [0.29, 0.717) is 6.54 Å². The highest BCUT2D eigenvalue weighted by molar-refractivity contribution is 5.89. The highest BCUT2D eigenvalue weighted by Gasteiger charge is 2.41. The topological polar surface area (TPSA) is 92.6 Å². The third-order valence-electron chi connectivity index (χ3n) is 7.33. The molecule has 0 bridgehead atoms. The molecule has 1 saturated carbocycles. The van der Waals surface area contributed by atoms with Crippen LogP contribution in [0.2, 0.25) is 0 Å². The number of rotatable bonds is 11. The summed E-state index contributed by atoms with van der Waals surface area (Å²) in [5, 5.41) is 11.5. The van der Waals surface area contributed by atoms with Crippen molar-refractivity contribution < 1.29 is 14.3 Å². The van der Waals surface area contributed by atoms with Gasteiger partial charge >= 0.3 is 0 Å². The van der Waals surface area contributed by atoms with E-state index in [4.69, 9.17) is 4.74 Å². The number of amides is 2. The van der Waals surface area contributed by atoms with Gasteiger partial charge in [-0.25, -0.2) is 4.68 Å². The van der Waals surface area contributed by atoms with Crippen LogP contribution in [0, 0.1) is 0 Å². The van der Waals surface area contributed by atoms with Gasteiger partial charge in [0.05, 0.1) is 11.6 Å². The quantitative estimate of drug-likeness (QED) is 0.431. The van der Waals surface area contributed by atoms with Crippen molar-refractivity contribution in [3.63, 3.8) is 0 Å². The molecule has 5 rings (SSSR count). The molecule has 2 fully saturated rings. The Morgan fingerprint density at radius 1 is 1.08 bits per heavy atom. The number of nitrogens with zero attached hydrogens (tertiary/aromatic N) is 5. The Bertz CT molecular complexity index is 1210. The highest BCUT2D eigenvalue weighted by Crippen LogP contribution is 2.36. The van der Waals surface area contributed by atoms with Crippen LogP contribution in [-0.2, 0) is 20.9 Å². The fraction of sp³-hybridized carbons (Fsp3) is 0.500. The van der Waals surface area contributed by atoms with Crippen LogP contribution in [0.25, 0.3) is 11.0 Å². The van der Waals surface area contributed by atoms with Gasteiger partial charge in [-0.05, 0) is 69.4 Å². The maximum absolute atomic E-state index is 13.8. The molecule has 2 heterocycles. The molecule has 1 aliphatic carbocycles. The summed E-state index contributed by atoms with van der Waals surface area (Å²) in [6.07, 6.45) is 3.75. The van der Waals surface area contributed by atoms with Crippen LogP contribution in [0.5, 0.6) is 0 Å². The molecule has 2 amide bonds. The van der Waals surface area contributed by atoms with E-state index >= 15 is 0 Å². The molecule has 0 spiro atoms. The van der Waals surface area contributed by atoms with Crippen LogP contribution in [0.1, 0.15) is 51.1 Å². The second kappa shape index (κ2) is 11.3. The average molecular weight is 505 g/mol. The SMILES string of the molecule is CCN(CC)c1ccc(C(C(=O)NCC2CCCO2)N(C(=O)Cn2nnc3ccccc32)C2CC2)cc1. The predicted molar refractivity (Wildman–Crippen MR) is 142 cm³/mol. The lowest BCUT2D eigenvalue weighted by Gasteiger charge is -2.32. The molecular formula is C28H36N6O3. The van der Waals surface area contributed by atoms with Crippen molar-refractivity contribution in [3.05, 3.63) is 54.1 Å². The molecule has 2 unspecified atom stereocenters. The fourth-order valence-electron chi connectivity index (χ4n) is 5.17. The summed E-state index contributed by atoms with van der Waals surface area (Å²) in [4.78, 5) is 31.6. The first-order chi connectivity index (χ1) is 18.1. The molecule has 1 N–H and O–H groups in total. The first kappa shape index (κ1) is 25.2. The average Bonchev–Trinajstić information content (AvgIpc) is 3.46. The Morgan fingerprint density at radius 3 is 2.51 bits per heavy atom. The highest BCUT2D eigenvalue weighted by atomic mass is 16.5. The number of ether oxygens (including phenoxy) is 1. The van der Waals surface area contributed by atoms with Crippen LogP contribution in [-0.4, -0.2) is 70.1 Å². The summed E-state index contributed by atoms with van der Waals surface area (Å²) in [6.45, 7) is 7.27. The fourth-order valence-corrected chi connectivity index (χ4v) is 5.17. The van der Waals surface area contributed by atoms with Gasteiger partial charge in [-0.3, -0.25) is 9.59 Å². The summed E-state index contributed by atoms with van der Waals surface area (Å²) >= 11 is 0. The molecule has 196 valence electrons. The normalized spacial score (nSPS) is 18.1. The molecule has 2 aliphatic rings. The number of hydrogen-bond donors (Lipinski definition) is 1. The van der Waals surface area contributed by atoms with Gasteiger partial charge in [0.25, 0.3) is 0 Å². The van der Waals surface area contributed by atoms with Crippen LogP contribution < -0.4 is 10.2 Å². The van der Waals surface area contributed by atoms with Gasteiger partial charge in [0, 0.05) is 38.0 Å². The first-order valence-corrected chi connectivity index (χ1v) is 13.4. The monoisotopic (exact) mass is 504 g/mol. The first-order valence-electron chi connectivity index (χ1n) is 13.4. The standard InChI is InChI=1S/C28H36N6O3/c1-3-32(4-2)21-13-11-20(12-14-21)27(28(36)29-18-23-8-7-17-37-23)34(22-15-16-22)26(35)19-33-25-10-6-5-9-24(25)30-31-33/h5-6,9-14,22-23,27H,3-4,7-8,15-19H2,1-2H3,(H,29,36). The molecule has 3 aromatic rings. The van der Waals surface area contributed by atoms with E-state index in [1.165, 1.54) is 0 Å². The van der Waals surface area contributed by atoms with Gasteiger partial charge in [-0.2, -0.15) is 0 Å². The third kappa shape index (κ3) is 5.61. The molecule has 0 radical (unpaired) electrons. The number of carbonyl (C=O) groups excluding carboxylic acids is 2. The van der Waals surface area contributed by atoms with Crippen LogP contribution in [0.3, 0.4) is 0 Å². The van der Waals surface area contributed by atoms with Crippen molar-refractivity contribution in [1.29, 1.82) is 0 Å². The van der Waals surface area contributed by atoms with Gasteiger partial charge in [0.15, 0.2) is 0 Å². The largest absolute Gasteiger partial charge is 0.376 e. The molecule has 2 aromatic carbocycles. The third-order valence-corrected chi connectivity index (χ3v) is 7.33. The van der Waals surface area contributed by atoms with E-state index in [9.17, 15) is 9.59 Å². The summed E-state index contributed by atoms with van der Waals surface area (Å²) in [5.74, 6) is -0.307. The number of benzene rings is 2. The van der Waals surface area contributed by atoms with Crippen molar-refractivity contribution in [2.45, 2.75) is 64.3 Å². The lowest BCUT2D eigenvalue weighted by molar-refractivity contribution is -0.142. The van der Waals surface area contributed by atoms with E-state index in [2.05, 4.69) is 34.4 Å². The van der Waals surface area contributed by atoms with Crippen LogP contribution >= 0.6 is 0 Å². The van der Waals surface area contributed by atoms with E-state index < -0.39 is 6.04 Å². The molecule has 1 aliphatic heterocycles. The molecule has 37 heavy (non-hydrogen) atoms. The zero-order chi connectivity index (χ0) is 25.8. The molecule has 9 heteroatoms. The second-order valence-electron chi connectivity index (χ2n) is 9.81.